The first-order chi connectivity index (χ1) is 3.43. The molecule has 0 aromatic carbocycles. The Morgan fingerprint density at radius 1 is 1.86 bits per heavy atom. The van der Waals surface area contributed by atoms with E-state index in [4.69, 9.17) is 0 Å². The maximum Gasteiger partial charge on any atom is 0.0281 e. The third-order valence-electron chi connectivity index (χ3n) is 0.968. The molecule has 0 aromatic rings. The van der Waals surface area contributed by atoms with Crippen LogP contribution in [-0.2, 0) is 0 Å². The Morgan fingerprint density at radius 2 is 2.71 bits per heavy atom. The van der Waals surface area contributed by atoms with Gasteiger partial charge in [-0.05, 0) is 5.41 Å². The average Bonchev–Trinajstić information content (AvgIpc) is 2.14. The minimum absolute atomic E-state index is 1.13. The van der Waals surface area contributed by atoms with Crippen molar-refractivity contribution in [3.63, 3.8) is 0 Å². The molecule has 0 spiro atoms. The summed E-state index contributed by atoms with van der Waals surface area (Å²) in [5.41, 5.74) is 0. The van der Waals surface area contributed by atoms with E-state index in [1.54, 1.807) is 11.9 Å². The summed E-state index contributed by atoms with van der Waals surface area (Å²) in [7, 11) is 0. The molecule has 0 atom stereocenters. The average molecular weight is 115 g/mol. The van der Waals surface area contributed by atoms with Gasteiger partial charge in [0.2, 0.25) is 0 Å². The quantitative estimate of drug-likeness (QED) is 0.476. The van der Waals surface area contributed by atoms with Crippen LogP contribution in [-0.4, -0.2) is 17.4 Å². The molecule has 1 heterocycles. The van der Waals surface area contributed by atoms with Gasteiger partial charge in [-0.25, -0.2) is 4.31 Å². The van der Waals surface area contributed by atoms with Crippen LogP contribution in [0.5, 0.6) is 0 Å². The fraction of sp³-hybridized carbons (Fsp3) is 0.600. The molecule has 0 radical (unpaired) electrons. The zero-order valence-corrected chi connectivity index (χ0v) is 5.24. The molecule has 1 aliphatic rings. The van der Waals surface area contributed by atoms with Crippen LogP contribution in [0.4, 0.5) is 0 Å². The summed E-state index contributed by atoms with van der Waals surface area (Å²) in [6, 6.07) is 0. The van der Waals surface area contributed by atoms with Crippen LogP contribution in [0, 0.1) is 0 Å². The molecule has 0 saturated heterocycles. The van der Waals surface area contributed by atoms with E-state index >= 15 is 0 Å². The van der Waals surface area contributed by atoms with Gasteiger partial charge in [0.25, 0.3) is 0 Å². The maximum atomic E-state index is 2.29. The van der Waals surface area contributed by atoms with Gasteiger partial charge < -0.3 is 0 Å². The molecule has 40 valence electrons. The van der Waals surface area contributed by atoms with Crippen molar-refractivity contribution in [2.75, 3.05) is 13.1 Å². The van der Waals surface area contributed by atoms with Gasteiger partial charge in [0, 0.05) is 13.1 Å². The second kappa shape index (κ2) is 2.38. The van der Waals surface area contributed by atoms with Crippen LogP contribution in [0.1, 0.15) is 6.92 Å². The third-order valence-corrected chi connectivity index (χ3v) is 1.99. The van der Waals surface area contributed by atoms with Crippen LogP contribution in [0.2, 0.25) is 0 Å². The van der Waals surface area contributed by atoms with Gasteiger partial charge in [0.15, 0.2) is 0 Å². The van der Waals surface area contributed by atoms with Gasteiger partial charge in [0.05, 0.1) is 0 Å². The normalized spacial score (nSPS) is 21.3. The molecule has 7 heavy (non-hydrogen) atoms. The first-order valence-corrected chi connectivity index (χ1v) is 3.34. The minimum Gasteiger partial charge on any atom is -0.243 e. The summed E-state index contributed by atoms with van der Waals surface area (Å²) in [6.45, 7) is 4.44. The smallest absolute Gasteiger partial charge is 0.0281 e. The van der Waals surface area contributed by atoms with E-state index in [0.717, 1.165) is 13.1 Å². The Labute approximate surface area is 48.5 Å². The Hall–Kier alpha value is 0.0500. The molecule has 1 nitrogen and oxygen atoms in total. The van der Waals surface area contributed by atoms with Crippen molar-refractivity contribution in [1.29, 1.82) is 0 Å². The molecule has 0 bridgehead atoms. The van der Waals surface area contributed by atoms with Crippen LogP contribution in [0.15, 0.2) is 11.5 Å². The summed E-state index contributed by atoms with van der Waals surface area (Å²) in [5.74, 6) is 0. The Bertz CT molecular complexity index is 72.1. The molecule has 0 N–H and O–H groups in total. The largest absolute Gasteiger partial charge is 0.243 e. The fourth-order valence-electron chi connectivity index (χ4n) is 0.536. The second-order valence-corrected chi connectivity index (χ2v) is 2.46. The van der Waals surface area contributed by atoms with Gasteiger partial charge in [0.1, 0.15) is 0 Å². The third kappa shape index (κ3) is 1.21. The summed E-state index contributed by atoms with van der Waals surface area (Å²) in [5, 5.41) is 2.13. The lowest BCUT2D eigenvalue weighted by molar-refractivity contribution is 0.562. The van der Waals surface area contributed by atoms with Crippen molar-refractivity contribution in [2.45, 2.75) is 6.92 Å². The highest BCUT2D eigenvalue weighted by Gasteiger charge is 2.01. The van der Waals surface area contributed by atoms with Gasteiger partial charge >= 0.3 is 0 Å². The van der Waals surface area contributed by atoms with E-state index in [2.05, 4.69) is 22.7 Å². The summed E-state index contributed by atoms with van der Waals surface area (Å²) in [4.78, 5) is 0. The van der Waals surface area contributed by atoms with Crippen molar-refractivity contribution >= 4 is 11.9 Å². The summed E-state index contributed by atoms with van der Waals surface area (Å²) >= 11 is 1.80. The van der Waals surface area contributed by atoms with Crippen LogP contribution in [0.3, 0.4) is 0 Å². The zero-order valence-electron chi connectivity index (χ0n) is 4.42. The minimum atomic E-state index is 1.13. The lowest BCUT2D eigenvalue weighted by Gasteiger charge is -2.06. The SMILES string of the molecule is CCN1CC=CS1. The van der Waals surface area contributed by atoms with Gasteiger partial charge in [-0.3, -0.25) is 0 Å². The zero-order chi connectivity index (χ0) is 5.11. The van der Waals surface area contributed by atoms with Crippen molar-refractivity contribution in [2.24, 2.45) is 0 Å². The predicted molar refractivity (Wildman–Crippen MR) is 34.0 cm³/mol. The Balaban J connectivity index is 2.22. The van der Waals surface area contributed by atoms with Crippen LogP contribution < -0.4 is 0 Å². The van der Waals surface area contributed by atoms with E-state index in [1.807, 2.05) is 0 Å². The number of hydrogen-bond acceptors (Lipinski definition) is 2. The highest BCUT2D eigenvalue weighted by molar-refractivity contribution is 8.00. The lowest BCUT2D eigenvalue weighted by Crippen LogP contribution is -2.09. The summed E-state index contributed by atoms with van der Waals surface area (Å²) in [6.07, 6.45) is 2.17. The number of likely N-dealkylation sites (N-methyl/N-ethyl adjacent to an activating group) is 1. The first-order valence-electron chi connectivity index (χ1n) is 2.50. The molecular weight excluding hydrogens is 106 g/mol. The van der Waals surface area contributed by atoms with E-state index in [0.29, 0.717) is 0 Å². The van der Waals surface area contributed by atoms with Crippen LogP contribution in [0.25, 0.3) is 0 Å². The highest BCUT2D eigenvalue weighted by Crippen LogP contribution is 2.15. The van der Waals surface area contributed by atoms with Gasteiger partial charge in [-0.15, -0.1) is 0 Å². The van der Waals surface area contributed by atoms with Gasteiger partial charge in [-0.1, -0.05) is 24.9 Å². The lowest BCUT2D eigenvalue weighted by atomic mass is 10.6. The van der Waals surface area contributed by atoms with Gasteiger partial charge in [-0.2, -0.15) is 0 Å². The number of hydrogen-bond donors (Lipinski definition) is 0. The number of rotatable bonds is 1. The monoisotopic (exact) mass is 115 g/mol. The van der Waals surface area contributed by atoms with Crippen molar-refractivity contribution in [3.8, 4) is 0 Å². The maximum absolute atomic E-state index is 2.29. The first kappa shape index (κ1) is 5.19. The standard InChI is InChI=1S/C5H9NS/c1-2-6-4-3-5-7-6/h3,5H,2,4H2,1H3. The predicted octanol–water partition coefficient (Wildman–Crippen LogP) is 1.48. The molecular formula is C5H9NS. The van der Waals surface area contributed by atoms with E-state index in [9.17, 15) is 0 Å². The molecule has 2 heteroatoms. The van der Waals surface area contributed by atoms with Crippen molar-refractivity contribution < 1.29 is 0 Å². The van der Waals surface area contributed by atoms with E-state index in [1.165, 1.54) is 0 Å². The molecule has 0 aliphatic carbocycles. The van der Waals surface area contributed by atoms with E-state index in [-0.39, 0.29) is 0 Å². The fourth-order valence-corrected chi connectivity index (χ4v) is 1.20. The highest BCUT2D eigenvalue weighted by atomic mass is 32.2. The molecule has 1 aliphatic heterocycles. The summed E-state index contributed by atoms with van der Waals surface area (Å²) < 4.78 is 2.29. The topological polar surface area (TPSA) is 3.24 Å². The molecule has 0 fully saturated rings. The Morgan fingerprint density at radius 3 is 3.00 bits per heavy atom. The molecule has 0 aromatic heterocycles. The molecule has 0 saturated carbocycles. The molecule has 0 unspecified atom stereocenters. The van der Waals surface area contributed by atoms with Crippen molar-refractivity contribution in [3.05, 3.63) is 11.5 Å². The number of nitrogens with zero attached hydrogens (tertiary/aromatic N) is 1. The Kier molecular flexibility index (Phi) is 1.77. The second-order valence-electron chi connectivity index (χ2n) is 1.46. The van der Waals surface area contributed by atoms with Crippen LogP contribution >= 0.6 is 11.9 Å². The van der Waals surface area contributed by atoms with Crippen molar-refractivity contribution in [1.82, 2.24) is 4.31 Å². The molecule has 0 amide bonds. The van der Waals surface area contributed by atoms with E-state index < -0.39 is 0 Å². The molecule has 1 rings (SSSR count).